The number of imidazole rings is 1. The zero-order chi connectivity index (χ0) is 17.7. The van der Waals surface area contributed by atoms with E-state index in [2.05, 4.69) is 10.3 Å². The Hall–Kier alpha value is -2.83. The Kier molecular flexibility index (Phi) is 3.52. The highest BCUT2D eigenvalue weighted by Crippen LogP contribution is 2.34. The topological polar surface area (TPSA) is 46.4 Å². The van der Waals surface area contributed by atoms with E-state index >= 15 is 0 Å². The van der Waals surface area contributed by atoms with Crippen molar-refractivity contribution in [2.45, 2.75) is 19.5 Å². The normalized spacial score (nSPS) is 19.2. The molecule has 1 aliphatic rings. The maximum atomic E-state index is 14.5. The lowest BCUT2D eigenvalue weighted by molar-refractivity contribution is -0.117. The Morgan fingerprint density at radius 1 is 1.24 bits per heavy atom. The van der Waals surface area contributed by atoms with Crippen LogP contribution in [0.4, 0.5) is 19.0 Å². The molecule has 2 atom stereocenters. The molecule has 1 aromatic carbocycles. The largest absolute Gasteiger partial charge is 0.309 e. The predicted octanol–water partition coefficient (Wildman–Crippen LogP) is 3.88. The number of amides is 1. The molecule has 1 N–H and O–H groups in total. The summed E-state index contributed by atoms with van der Waals surface area (Å²) in [5.74, 6) is -1.71. The number of nitrogens with zero attached hydrogens (tertiary/aromatic N) is 2. The van der Waals surface area contributed by atoms with Gasteiger partial charge < -0.3 is 9.72 Å². The summed E-state index contributed by atoms with van der Waals surface area (Å²) in [6.07, 6.45) is 2.19. The third kappa shape index (κ3) is 2.86. The van der Waals surface area contributed by atoms with E-state index < -0.39 is 23.8 Å². The van der Waals surface area contributed by atoms with Gasteiger partial charge in [0.25, 0.3) is 0 Å². The third-order valence-corrected chi connectivity index (χ3v) is 4.32. The number of halogens is 3. The molecule has 1 aliphatic carbocycles. The van der Waals surface area contributed by atoms with E-state index in [1.165, 1.54) is 36.7 Å². The maximum Gasteiger partial charge on any atom is 0.231 e. The number of carbonyl (C=O) groups is 1. The van der Waals surface area contributed by atoms with Crippen LogP contribution in [0.3, 0.4) is 0 Å². The number of benzene rings is 1. The van der Waals surface area contributed by atoms with Crippen molar-refractivity contribution >= 4 is 17.4 Å². The average molecular weight is 345 g/mol. The average Bonchev–Trinajstić information content (AvgIpc) is 3.15. The molecule has 1 amide bonds. The summed E-state index contributed by atoms with van der Waals surface area (Å²) >= 11 is 0. The molecule has 1 fully saturated rings. The predicted molar refractivity (Wildman–Crippen MR) is 86.9 cm³/mol. The number of hydrogen-bond acceptors (Lipinski definition) is 2. The fourth-order valence-electron chi connectivity index (χ4n) is 2.85. The maximum absolute atomic E-state index is 14.5. The fourth-order valence-corrected chi connectivity index (χ4v) is 2.85. The molecule has 1 saturated carbocycles. The first-order valence-corrected chi connectivity index (χ1v) is 7.82. The standard InChI is InChI=1S/C18H14F3N3O/c1-9-4-10(19)2-3-11(9)13-7-24-8-16(22-17(24)6-15(13)21)23-18(25)12-5-14(12)20/h2-4,6-8,12,14H,5H2,1H3,(H,23,25). The smallest absolute Gasteiger partial charge is 0.231 e. The van der Waals surface area contributed by atoms with Crippen LogP contribution in [0.1, 0.15) is 12.0 Å². The molecular weight excluding hydrogens is 331 g/mol. The van der Waals surface area contributed by atoms with E-state index in [1.807, 2.05) is 0 Å². The molecular formula is C18H14F3N3O. The van der Waals surface area contributed by atoms with E-state index in [-0.39, 0.29) is 18.1 Å². The van der Waals surface area contributed by atoms with Gasteiger partial charge in [-0.1, -0.05) is 6.07 Å². The lowest BCUT2D eigenvalue weighted by Crippen LogP contribution is -2.15. The van der Waals surface area contributed by atoms with Gasteiger partial charge in [0.05, 0.1) is 12.1 Å². The highest BCUT2D eigenvalue weighted by atomic mass is 19.1. The van der Waals surface area contributed by atoms with Gasteiger partial charge in [-0.2, -0.15) is 0 Å². The number of nitrogens with one attached hydrogen (secondary N) is 1. The molecule has 2 heterocycles. The minimum absolute atomic E-state index is 0.224. The first-order valence-electron chi connectivity index (χ1n) is 7.82. The molecule has 4 nitrogen and oxygen atoms in total. The van der Waals surface area contributed by atoms with Crippen LogP contribution in [0.5, 0.6) is 0 Å². The number of anilines is 1. The summed E-state index contributed by atoms with van der Waals surface area (Å²) in [6.45, 7) is 1.70. The van der Waals surface area contributed by atoms with Crippen LogP contribution in [0.2, 0.25) is 0 Å². The molecule has 7 heteroatoms. The number of hydrogen-bond donors (Lipinski definition) is 1. The van der Waals surface area contributed by atoms with Gasteiger partial charge in [0.1, 0.15) is 23.5 Å². The fraction of sp³-hybridized carbons (Fsp3) is 0.222. The summed E-state index contributed by atoms with van der Waals surface area (Å²) in [6, 6.07) is 5.36. The van der Waals surface area contributed by atoms with Crippen LogP contribution in [0, 0.1) is 24.5 Å². The van der Waals surface area contributed by atoms with Crippen molar-refractivity contribution in [3.8, 4) is 11.1 Å². The van der Waals surface area contributed by atoms with Crippen LogP contribution in [-0.2, 0) is 4.79 Å². The van der Waals surface area contributed by atoms with E-state index in [9.17, 15) is 18.0 Å². The second-order valence-corrected chi connectivity index (χ2v) is 6.23. The van der Waals surface area contributed by atoms with Crippen LogP contribution < -0.4 is 5.32 Å². The molecule has 0 saturated heterocycles. The van der Waals surface area contributed by atoms with Gasteiger partial charge in [-0.3, -0.25) is 4.79 Å². The van der Waals surface area contributed by atoms with E-state index in [0.29, 0.717) is 22.3 Å². The second-order valence-electron chi connectivity index (χ2n) is 6.23. The molecule has 128 valence electrons. The molecule has 0 bridgehead atoms. The summed E-state index contributed by atoms with van der Waals surface area (Å²) in [7, 11) is 0. The van der Waals surface area contributed by atoms with Crippen LogP contribution in [0.15, 0.2) is 36.7 Å². The number of alkyl halides is 1. The van der Waals surface area contributed by atoms with E-state index in [4.69, 9.17) is 0 Å². The van der Waals surface area contributed by atoms with Gasteiger partial charge in [0, 0.05) is 17.8 Å². The SMILES string of the molecule is Cc1cc(F)ccc1-c1cn2cc(NC(=O)C3CC3F)nc2cc1F. The van der Waals surface area contributed by atoms with Gasteiger partial charge >= 0.3 is 0 Å². The van der Waals surface area contributed by atoms with Crippen molar-refractivity contribution in [2.75, 3.05) is 5.32 Å². The zero-order valence-electron chi connectivity index (χ0n) is 13.3. The van der Waals surface area contributed by atoms with Crippen molar-refractivity contribution in [3.63, 3.8) is 0 Å². The highest BCUT2D eigenvalue weighted by molar-refractivity contribution is 5.94. The molecule has 4 rings (SSSR count). The summed E-state index contributed by atoms with van der Waals surface area (Å²) in [4.78, 5) is 15.9. The second kappa shape index (κ2) is 5.61. The van der Waals surface area contributed by atoms with Crippen molar-refractivity contribution in [1.29, 1.82) is 0 Å². The first-order chi connectivity index (χ1) is 11.9. The number of aromatic nitrogens is 2. The third-order valence-electron chi connectivity index (χ3n) is 4.32. The Balaban J connectivity index is 1.70. The summed E-state index contributed by atoms with van der Waals surface area (Å²) in [5, 5.41) is 2.54. The minimum atomic E-state index is -1.09. The Morgan fingerprint density at radius 2 is 2.00 bits per heavy atom. The van der Waals surface area contributed by atoms with E-state index in [1.54, 1.807) is 11.3 Å². The van der Waals surface area contributed by atoms with Crippen molar-refractivity contribution in [1.82, 2.24) is 9.38 Å². The highest BCUT2D eigenvalue weighted by Gasteiger charge is 2.43. The lowest BCUT2D eigenvalue weighted by Gasteiger charge is -2.08. The Morgan fingerprint density at radius 3 is 2.68 bits per heavy atom. The molecule has 0 spiro atoms. The number of carbonyl (C=O) groups excluding carboxylic acids is 1. The molecule has 25 heavy (non-hydrogen) atoms. The monoisotopic (exact) mass is 345 g/mol. The van der Waals surface area contributed by atoms with E-state index in [0.717, 1.165) is 0 Å². The number of pyridine rings is 1. The van der Waals surface area contributed by atoms with Crippen LogP contribution in [-0.4, -0.2) is 21.5 Å². The number of aryl methyl sites for hydroxylation is 1. The summed E-state index contributed by atoms with van der Waals surface area (Å²) < 4.78 is 42.2. The molecule has 0 radical (unpaired) electrons. The minimum Gasteiger partial charge on any atom is -0.309 e. The molecule has 2 unspecified atom stereocenters. The van der Waals surface area contributed by atoms with Crippen molar-refractivity contribution in [3.05, 3.63) is 53.9 Å². The van der Waals surface area contributed by atoms with Crippen molar-refractivity contribution < 1.29 is 18.0 Å². The van der Waals surface area contributed by atoms with Gasteiger partial charge in [0.2, 0.25) is 5.91 Å². The van der Waals surface area contributed by atoms with Gasteiger partial charge in [0.15, 0.2) is 5.82 Å². The molecule has 0 aliphatic heterocycles. The molecule has 3 aromatic rings. The number of rotatable bonds is 3. The van der Waals surface area contributed by atoms with Crippen molar-refractivity contribution in [2.24, 2.45) is 5.92 Å². The van der Waals surface area contributed by atoms with Crippen LogP contribution in [0.25, 0.3) is 16.8 Å². The quantitative estimate of drug-likeness (QED) is 0.783. The van der Waals surface area contributed by atoms with Gasteiger partial charge in [-0.15, -0.1) is 0 Å². The Bertz CT molecular complexity index is 999. The van der Waals surface area contributed by atoms with Gasteiger partial charge in [-0.05, 0) is 36.6 Å². The Labute approximate surface area is 141 Å². The summed E-state index contributed by atoms with van der Waals surface area (Å²) in [5.41, 5.74) is 1.78. The zero-order valence-corrected chi connectivity index (χ0v) is 13.3. The first kappa shape index (κ1) is 15.7. The molecule has 2 aromatic heterocycles. The van der Waals surface area contributed by atoms with Gasteiger partial charge in [-0.25, -0.2) is 18.2 Å². The lowest BCUT2D eigenvalue weighted by atomic mass is 10.0. The number of fused-ring (bicyclic) bond motifs is 1. The van der Waals surface area contributed by atoms with Crippen LogP contribution >= 0.6 is 0 Å².